The highest BCUT2D eigenvalue weighted by Gasteiger charge is 2.21. The van der Waals surface area contributed by atoms with Crippen molar-refractivity contribution in [2.75, 3.05) is 7.11 Å². The van der Waals surface area contributed by atoms with Crippen molar-refractivity contribution < 1.29 is 23.5 Å². The first-order chi connectivity index (χ1) is 11.3. The van der Waals surface area contributed by atoms with E-state index >= 15 is 0 Å². The average Bonchev–Trinajstić information content (AvgIpc) is 2.53. The van der Waals surface area contributed by atoms with Crippen LogP contribution in [0.1, 0.15) is 19.4 Å². The van der Waals surface area contributed by atoms with Crippen molar-refractivity contribution in [1.82, 2.24) is 5.32 Å². The number of hydrogen-bond acceptors (Lipinski definition) is 6. The van der Waals surface area contributed by atoms with E-state index < -0.39 is 29.6 Å². The summed E-state index contributed by atoms with van der Waals surface area (Å²) >= 11 is 0. The number of rotatable bonds is 5. The van der Waals surface area contributed by atoms with Gasteiger partial charge in [-0.05, 0) is 38.5 Å². The van der Waals surface area contributed by atoms with Crippen molar-refractivity contribution in [3.05, 3.63) is 40.2 Å². The molecule has 24 heavy (non-hydrogen) atoms. The maximum Gasteiger partial charge on any atom is 0.336 e. The number of nitrogens with one attached hydrogen (secondary N) is 1. The molecule has 2 rings (SSSR count). The number of ether oxygens (including phenoxy) is 2. The van der Waals surface area contributed by atoms with Gasteiger partial charge in [0, 0.05) is 17.5 Å². The first-order valence-electron chi connectivity index (χ1n) is 7.41. The molecule has 7 nitrogen and oxygen atoms in total. The van der Waals surface area contributed by atoms with Crippen LogP contribution in [-0.2, 0) is 14.3 Å². The molecule has 0 unspecified atom stereocenters. The van der Waals surface area contributed by atoms with Crippen LogP contribution in [0.25, 0.3) is 11.0 Å². The number of fused-ring (bicyclic) bond motifs is 1. The van der Waals surface area contributed by atoms with E-state index in [1.165, 1.54) is 20.1 Å². The molecule has 1 amide bonds. The van der Waals surface area contributed by atoms with Gasteiger partial charge in [0.05, 0.1) is 7.11 Å². The lowest BCUT2D eigenvalue weighted by Crippen LogP contribution is -2.45. The van der Waals surface area contributed by atoms with Gasteiger partial charge in [-0.3, -0.25) is 4.79 Å². The number of carbonyl (C=O) groups excluding carboxylic acids is 2. The summed E-state index contributed by atoms with van der Waals surface area (Å²) in [5, 5.41) is 3.28. The summed E-state index contributed by atoms with van der Waals surface area (Å²) in [4.78, 5) is 34.8. The summed E-state index contributed by atoms with van der Waals surface area (Å²) in [5.41, 5.74) is 0.730. The standard InChI is InChI=1S/C17H19NO6/c1-9-7-15(19)24-14-8-12(5-6-13(9)14)23-11(3)16(20)18-10(2)17(21)22-4/h5-8,10-11H,1-4H3,(H,18,20)/t10-,11-/m0/s1. The largest absolute Gasteiger partial charge is 0.481 e. The van der Waals surface area contributed by atoms with Gasteiger partial charge in [-0.2, -0.15) is 0 Å². The summed E-state index contributed by atoms with van der Waals surface area (Å²) in [5.74, 6) is -0.623. The van der Waals surface area contributed by atoms with Crippen LogP contribution in [0.3, 0.4) is 0 Å². The molecule has 1 heterocycles. The van der Waals surface area contributed by atoms with Crippen molar-refractivity contribution in [1.29, 1.82) is 0 Å². The van der Waals surface area contributed by atoms with Gasteiger partial charge in [0.25, 0.3) is 5.91 Å². The van der Waals surface area contributed by atoms with Gasteiger partial charge in [-0.1, -0.05) is 0 Å². The van der Waals surface area contributed by atoms with Crippen molar-refractivity contribution in [3.63, 3.8) is 0 Å². The first-order valence-corrected chi connectivity index (χ1v) is 7.41. The minimum atomic E-state index is -0.842. The molecule has 0 bridgehead atoms. The second-order valence-corrected chi connectivity index (χ2v) is 5.42. The highest BCUT2D eigenvalue weighted by Crippen LogP contribution is 2.23. The molecule has 0 aliphatic carbocycles. The van der Waals surface area contributed by atoms with E-state index in [9.17, 15) is 14.4 Å². The van der Waals surface area contributed by atoms with Crippen molar-refractivity contribution >= 4 is 22.8 Å². The molecule has 1 aromatic heterocycles. The molecule has 128 valence electrons. The molecule has 0 saturated heterocycles. The lowest BCUT2D eigenvalue weighted by Gasteiger charge is -2.17. The topological polar surface area (TPSA) is 94.8 Å². The van der Waals surface area contributed by atoms with Crippen LogP contribution >= 0.6 is 0 Å². The van der Waals surface area contributed by atoms with Crippen molar-refractivity contribution in [3.8, 4) is 5.75 Å². The first kappa shape index (κ1) is 17.5. The smallest absolute Gasteiger partial charge is 0.336 e. The second kappa shape index (κ2) is 7.16. The Morgan fingerprint density at radius 2 is 1.92 bits per heavy atom. The van der Waals surface area contributed by atoms with Gasteiger partial charge in [0.1, 0.15) is 17.4 Å². The molecule has 0 aliphatic rings. The normalized spacial score (nSPS) is 13.2. The van der Waals surface area contributed by atoms with Crippen LogP contribution in [0, 0.1) is 6.92 Å². The highest BCUT2D eigenvalue weighted by molar-refractivity contribution is 5.87. The summed E-state index contributed by atoms with van der Waals surface area (Å²) in [7, 11) is 1.25. The summed E-state index contributed by atoms with van der Waals surface area (Å²) in [6.07, 6.45) is -0.842. The van der Waals surface area contributed by atoms with Gasteiger partial charge < -0.3 is 19.2 Å². The maximum atomic E-state index is 12.0. The van der Waals surface area contributed by atoms with Crippen LogP contribution in [0.4, 0.5) is 0 Å². The molecule has 2 aromatic rings. The molecule has 1 N–H and O–H groups in total. The zero-order valence-corrected chi connectivity index (χ0v) is 13.9. The Morgan fingerprint density at radius 3 is 2.58 bits per heavy atom. The van der Waals surface area contributed by atoms with E-state index in [0.29, 0.717) is 11.3 Å². The Morgan fingerprint density at radius 1 is 1.21 bits per heavy atom. The lowest BCUT2D eigenvalue weighted by atomic mass is 10.1. The second-order valence-electron chi connectivity index (χ2n) is 5.42. The van der Waals surface area contributed by atoms with Gasteiger partial charge in [0.15, 0.2) is 6.10 Å². The Hall–Kier alpha value is -2.83. The molecule has 0 radical (unpaired) electrons. The lowest BCUT2D eigenvalue weighted by molar-refractivity contribution is -0.145. The minimum absolute atomic E-state index is 0.379. The predicted molar refractivity (Wildman–Crippen MR) is 86.9 cm³/mol. The third-order valence-corrected chi connectivity index (χ3v) is 3.52. The molecular weight excluding hydrogens is 314 g/mol. The fraction of sp³-hybridized carbons (Fsp3) is 0.353. The number of benzene rings is 1. The van der Waals surface area contributed by atoms with Crippen LogP contribution < -0.4 is 15.7 Å². The fourth-order valence-electron chi connectivity index (χ4n) is 2.20. The quantitative estimate of drug-likeness (QED) is 0.659. The van der Waals surface area contributed by atoms with Crippen molar-refractivity contribution in [2.24, 2.45) is 0 Å². The number of hydrogen-bond donors (Lipinski definition) is 1. The number of esters is 1. The van der Waals surface area contributed by atoms with Crippen LogP contribution in [0.2, 0.25) is 0 Å². The SMILES string of the molecule is COC(=O)[C@H](C)NC(=O)[C@H](C)Oc1ccc2c(C)cc(=O)oc2c1. The van der Waals surface area contributed by atoms with E-state index in [-0.39, 0.29) is 0 Å². The van der Waals surface area contributed by atoms with E-state index in [2.05, 4.69) is 10.1 Å². The van der Waals surface area contributed by atoms with Gasteiger partial charge in [-0.15, -0.1) is 0 Å². The zero-order valence-electron chi connectivity index (χ0n) is 13.9. The van der Waals surface area contributed by atoms with E-state index in [1.807, 2.05) is 6.92 Å². The molecule has 1 aromatic carbocycles. The van der Waals surface area contributed by atoms with Gasteiger partial charge in [0.2, 0.25) is 0 Å². The van der Waals surface area contributed by atoms with Gasteiger partial charge >= 0.3 is 11.6 Å². The number of aryl methyl sites for hydroxylation is 1. The fourth-order valence-corrected chi connectivity index (χ4v) is 2.20. The molecule has 0 saturated carbocycles. The van der Waals surface area contributed by atoms with Crippen LogP contribution in [-0.4, -0.2) is 31.1 Å². The Balaban J connectivity index is 2.12. The summed E-state index contributed by atoms with van der Waals surface area (Å²) < 4.78 is 15.2. The summed E-state index contributed by atoms with van der Waals surface area (Å²) in [6, 6.07) is 5.63. The number of carbonyl (C=O) groups is 2. The minimum Gasteiger partial charge on any atom is -0.481 e. The Kier molecular flexibility index (Phi) is 5.23. The van der Waals surface area contributed by atoms with Crippen LogP contribution in [0.15, 0.2) is 33.5 Å². The highest BCUT2D eigenvalue weighted by atomic mass is 16.5. The molecule has 0 fully saturated rings. The zero-order chi connectivity index (χ0) is 17.9. The molecule has 2 atom stereocenters. The third kappa shape index (κ3) is 3.92. The van der Waals surface area contributed by atoms with Crippen LogP contribution in [0.5, 0.6) is 5.75 Å². The van der Waals surface area contributed by atoms with Crippen molar-refractivity contribution in [2.45, 2.75) is 32.9 Å². The number of methoxy groups -OCH3 is 1. The summed E-state index contributed by atoms with van der Waals surface area (Å²) in [6.45, 7) is 4.88. The average molecular weight is 333 g/mol. The Labute approximate surface area is 138 Å². The maximum absolute atomic E-state index is 12.0. The monoisotopic (exact) mass is 333 g/mol. The van der Waals surface area contributed by atoms with Gasteiger partial charge in [-0.25, -0.2) is 9.59 Å². The van der Waals surface area contributed by atoms with E-state index in [0.717, 1.165) is 10.9 Å². The predicted octanol–water partition coefficient (Wildman–Crippen LogP) is 1.55. The molecule has 7 heteroatoms. The molecule has 0 spiro atoms. The van der Waals surface area contributed by atoms with E-state index in [1.54, 1.807) is 25.1 Å². The molecule has 0 aliphatic heterocycles. The molecular formula is C17H19NO6. The third-order valence-electron chi connectivity index (χ3n) is 3.52. The van der Waals surface area contributed by atoms with E-state index in [4.69, 9.17) is 9.15 Å². The number of amides is 1. The Bertz CT molecular complexity index is 825.